The Kier molecular flexibility index (Phi) is 3.00. The molecule has 1 atom stereocenters. The van der Waals surface area contributed by atoms with E-state index in [-0.39, 0.29) is 5.54 Å². The van der Waals surface area contributed by atoms with Crippen molar-refractivity contribution in [2.45, 2.75) is 46.2 Å². The molecule has 0 aliphatic rings. The van der Waals surface area contributed by atoms with E-state index in [0.29, 0.717) is 6.04 Å². The molecule has 0 radical (unpaired) electrons. The van der Waals surface area contributed by atoms with Crippen LogP contribution in [0.1, 0.15) is 45.0 Å². The van der Waals surface area contributed by atoms with Gasteiger partial charge in [0.05, 0.1) is 11.7 Å². The first-order valence-corrected chi connectivity index (χ1v) is 5.10. The Morgan fingerprint density at radius 3 is 2.36 bits per heavy atom. The van der Waals surface area contributed by atoms with Crippen LogP contribution in [0.25, 0.3) is 0 Å². The number of nitrogens with zero attached hydrogens (tertiary/aromatic N) is 2. The molecule has 0 aromatic carbocycles. The smallest absolute Gasteiger partial charge is 0.0546 e. The first kappa shape index (κ1) is 11.2. The van der Waals surface area contributed by atoms with Crippen LogP contribution in [0.15, 0.2) is 6.20 Å². The van der Waals surface area contributed by atoms with Crippen molar-refractivity contribution in [2.75, 3.05) is 7.05 Å². The third kappa shape index (κ3) is 1.98. The lowest BCUT2D eigenvalue weighted by Gasteiger charge is -2.22. The lowest BCUT2D eigenvalue weighted by Crippen LogP contribution is -2.24. The summed E-state index contributed by atoms with van der Waals surface area (Å²) in [6.07, 6.45) is 1.96. The van der Waals surface area contributed by atoms with Crippen molar-refractivity contribution in [3.05, 3.63) is 17.5 Å². The van der Waals surface area contributed by atoms with Gasteiger partial charge in [-0.25, -0.2) is 0 Å². The summed E-state index contributed by atoms with van der Waals surface area (Å²) in [6.45, 7) is 10.8. The minimum atomic E-state index is 0.0653. The van der Waals surface area contributed by atoms with Gasteiger partial charge in [0.15, 0.2) is 0 Å². The van der Waals surface area contributed by atoms with E-state index < -0.39 is 0 Å². The molecule has 80 valence electrons. The average molecular weight is 195 g/mol. The SMILES string of the molecule is CNC(C)c1cnn(C(C)(C)C)c1C. The normalized spacial score (nSPS) is 14.4. The standard InChI is InChI=1S/C11H21N3/c1-8(12-6)10-7-13-14(9(10)2)11(3,4)5/h7-8,12H,1-6H3. The second-order valence-electron chi connectivity index (χ2n) is 4.78. The summed E-state index contributed by atoms with van der Waals surface area (Å²) in [6, 6.07) is 0.367. The number of nitrogens with one attached hydrogen (secondary N) is 1. The molecule has 0 spiro atoms. The summed E-state index contributed by atoms with van der Waals surface area (Å²) in [5.74, 6) is 0. The highest BCUT2D eigenvalue weighted by atomic mass is 15.3. The Labute approximate surface area is 86.5 Å². The zero-order valence-electron chi connectivity index (χ0n) is 10.0. The molecule has 1 heterocycles. The van der Waals surface area contributed by atoms with Crippen molar-refractivity contribution in [3.8, 4) is 0 Å². The van der Waals surface area contributed by atoms with E-state index in [2.05, 4.69) is 49.7 Å². The second-order valence-corrected chi connectivity index (χ2v) is 4.78. The Morgan fingerprint density at radius 2 is 2.00 bits per heavy atom. The van der Waals surface area contributed by atoms with Crippen molar-refractivity contribution in [2.24, 2.45) is 0 Å². The zero-order valence-corrected chi connectivity index (χ0v) is 10.0. The maximum atomic E-state index is 4.43. The highest BCUT2D eigenvalue weighted by molar-refractivity contribution is 5.20. The molecule has 0 amide bonds. The minimum absolute atomic E-state index is 0.0653. The minimum Gasteiger partial charge on any atom is -0.313 e. The van der Waals surface area contributed by atoms with Gasteiger partial charge >= 0.3 is 0 Å². The Hall–Kier alpha value is -0.830. The summed E-state index contributed by atoms with van der Waals surface area (Å²) < 4.78 is 2.08. The highest BCUT2D eigenvalue weighted by Crippen LogP contribution is 2.22. The molecule has 0 saturated heterocycles. The van der Waals surface area contributed by atoms with E-state index in [0.717, 1.165) is 0 Å². The molecule has 0 aliphatic heterocycles. The molecule has 3 heteroatoms. The van der Waals surface area contributed by atoms with Gasteiger partial charge < -0.3 is 5.32 Å². The molecular formula is C11H21N3. The molecule has 0 bridgehead atoms. The maximum Gasteiger partial charge on any atom is 0.0546 e. The highest BCUT2D eigenvalue weighted by Gasteiger charge is 2.19. The molecule has 1 unspecified atom stereocenters. The fraction of sp³-hybridized carbons (Fsp3) is 0.727. The largest absolute Gasteiger partial charge is 0.313 e. The van der Waals surface area contributed by atoms with Crippen LogP contribution >= 0.6 is 0 Å². The van der Waals surface area contributed by atoms with Crippen LogP contribution < -0.4 is 5.32 Å². The predicted molar refractivity (Wildman–Crippen MR) is 59.4 cm³/mol. The second kappa shape index (κ2) is 3.73. The van der Waals surface area contributed by atoms with E-state index in [1.807, 2.05) is 13.2 Å². The van der Waals surface area contributed by atoms with Gasteiger partial charge in [-0.3, -0.25) is 4.68 Å². The summed E-state index contributed by atoms with van der Waals surface area (Å²) in [5.41, 5.74) is 2.59. The molecule has 0 aliphatic carbocycles. The van der Waals surface area contributed by atoms with Crippen molar-refractivity contribution in [3.63, 3.8) is 0 Å². The van der Waals surface area contributed by atoms with Gasteiger partial charge in [-0.2, -0.15) is 5.10 Å². The fourth-order valence-corrected chi connectivity index (χ4v) is 1.68. The third-order valence-electron chi connectivity index (χ3n) is 2.58. The van der Waals surface area contributed by atoms with Crippen LogP contribution in [-0.2, 0) is 5.54 Å². The van der Waals surface area contributed by atoms with E-state index in [1.54, 1.807) is 0 Å². The topological polar surface area (TPSA) is 29.9 Å². The van der Waals surface area contributed by atoms with Crippen molar-refractivity contribution >= 4 is 0 Å². The molecule has 0 saturated carbocycles. The number of aromatic nitrogens is 2. The number of rotatable bonds is 2. The molecule has 14 heavy (non-hydrogen) atoms. The van der Waals surface area contributed by atoms with Crippen molar-refractivity contribution in [1.29, 1.82) is 0 Å². The summed E-state index contributed by atoms with van der Waals surface area (Å²) >= 11 is 0. The van der Waals surface area contributed by atoms with E-state index in [9.17, 15) is 0 Å². The van der Waals surface area contributed by atoms with Crippen LogP contribution in [0.4, 0.5) is 0 Å². The van der Waals surface area contributed by atoms with Gasteiger partial charge in [0, 0.05) is 17.3 Å². The lowest BCUT2D eigenvalue weighted by molar-refractivity contribution is 0.347. The number of hydrogen-bond acceptors (Lipinski definition) is 2. The summed E-state index contributed by atoms with van der Waals surface area (Å²) in [7, 11) is 1.97. The Bertz CT molecular complexity index is 307. The van der Waals surface area contributed by atoms with Crippen LogP contribution in [-0.4, -0.2) is 16.8 Å². The number of hydrogen-bond donors (Lipinski definition) is 1. The fourth-order valence-electron chi connectivity index (χ4n) is 1.68. The van der Waals surface area contributed by atoms with Crippen LogP contribution in [0, 0.1) is 6.92 Å². The van der Waals surface area contributed by atoms with Crippen LogP contribution in [0.3, 0.4) is 0 Å². The van der Waals surface area contributed by atoms with Gasteiger partial charge in [-0.1, -0.05) is 0 Å². The third-order valence-corrected chi connectivity index (χ3v) is 2.58. The van der Waals surface area contributed by atoms with Gasteiger partial charge in [0.25, 0.3) is 0 Å². The zero-order chi connectivity index (χ0) is 10.9. The molecule has 0 fully saturated rings. The molecular weight excluding hydrogens is 174 g/mol. The Balaban J connectivity index is 3.09. The first-order chi connectivity index (χ1) is 6.38. The van der Waals surface area contributed by atoms with E-state index in [4.69, 9.17) is 0 Å². The predicted octanol–water partition coefficient (Wildman–Crippen LogP) is 2.23. The average Bonchev–Trinajstić information content (AvgIpc) is 2.45. The van der Waals surface area contributed by atoms with E-state index >= 15 is 0 Å². The molecule has 1 aromatic rings. The molecule has 1 aromatic heterocycles. The summed E-state index contributed by atoms with van der Waals surface area (Å²) in [4.78, 5) is 0. The van der Waals surface area contributed by atoms with Gasteiger partial charge in [-0.15, -0.1) is 0 Å². The van der Waals surface area contributed by atoms with Gasteiger partial charge in [-0.05, 0) is 41.7 Å². The van der Waals surface area contributed by atoms with Crippen molar-refractivity contribution in [1.82, 2.24) is 15.1 Å². The Morgan fingerprint density at radius 1 is 1.43 bits per heavy atom. The molecule has 3 nitrogen and oxygen atoms in total. The molecule has 1 N–H and O–H groups in total. The van der Waals surface area contributed by atoms with Gasteiger partial charge in [0.1, 0.15) is 0 Å². The van der Waals surface area contributed by atoms with Crippen LogP contribution in [0.2, 0.25) is 0 Å². The van der Waals surface area contributed by atoms with Crippen molar-refractivity contribution < 1.29 is 0 Å². The lowest BCUT2D eigenvalue weighted by atomic mass is 10.1. The first-order valence-electron chi connectivity index (χ1n) is 5.10. The van der Waals surface area contributed by atoms with E-state index in [1.165, 1.54) is 11.3 Å². The quantitative estimate of drug-likeness (QED) is 0.784. The van der Waals surface area contributed by atoms with Gasteiger partial charge in [0.2, 0.25) is 0 Å². The summed E-state index contributed by atoms with van der Waals surface area (Å²) in [5, 5.41) is 7.67. The monoisotopic (exact) mass is 195 g/mol. The molecule has 1 rings (SSSR count). The van der Waals surface area contributed by atoms with Crippen LogP contribution in [0.5, 0.6) is 0 Å². The maximum absolute atomic E-state index is 4.43.